The first-order valence-electron chi connectivity index (χ1n) is 10.5. The minimum atomic E-state index is -0.850. The zero-order chi connectivity index (χ0) is 21.6. The molecular formula is C26H25NO4. The van der Waals surface area contributed by atoms with Gasteiger partial charge in [0, 0.05) is 18.7 Å². The molecule has 3 aromatic carbocycles. The summed E-state index contributed by atoms with van der Waals surface area (Å²) in [7, 11) is 0. The first kappa shape index (κ1) is 20.7. The third-order valence-electron chi connectivity index (χ3n) is 5.72. The number of hydrogen-bond donors (Lipinski definition) is 1. The summed E-state index contributed by atoms with van der Waals surface area (Å²) in [5, 5.41) is 11.7. The zero-order valence-electron chi connectivity index (χ0n) is 17.2. The van der Waals surface area contributed by atoms with E-state index >= 15 is 0 Å². The Hall–Kier alpha value is -3.60. The number of carboxylic acids is 1. The highest BCUT2D eigenvalue weighted by molar-refractivity contribution is 6.07. The molecule has 1 heterocycles. The highest BCUT2D eigenvalue weighted by atomic mass is 16.5. The van der Waals surface area contributed by atoms with Gasteiger partial charge in [-0.3, -0.25) is 9.59 Å². The molecule has 3 aromatic rings. The molecule has 158 valence electrons. The summed E-state index contributed by atoms with van der Waals surface area (Å²) in [5.74, 6) is -0.738. The topological polar surface area (TPSA) is 66.8 Å². The Morgan fingerprint density at radius 1 is 0.968 bits per heavy atom. The Balaban J connectivity index is 1.42. The SMILES string of the molecule is O=C(O)C(CCOc1ccccc1)C1=CCN(C(=O)c2cccc3ccccc23)CC1. The van der Waals surface area contributed by atoms with Gasteiger partial charge in [0.05, 0.1) is 12.5 Å². The van der Waals surface area contributed by atoms with Crippen LogP contribution < -0.4 is 4.74 Å². The van der Waals surface area contributed by atoms with E-state index in [1.54, 1.807) is 4.90 Å². The Morgan fingerprint density at radius 2 is 1.71 bits per heavy atom. The molecule has 1 aliphatic heterocycles. The highest BCUT2D eigenvalue weighted by Crippen LogP contribution is 2.26. The number of carbonyl (C=O) groups is 2. The highest BCUT2D eigenvalue weighted by Gasteiger charge is 2.27. The van der Waals surface area contributed by atoms with E-state index in [1.807, 2.05) is 78.9 Å². The minimum Gasteiger partial charge on any atom is -0.494 e. The molecule has 0 fully saturated rings. The molecule has 0 saturated heterocycles. The zero-order valence-corrected chi connectivity index (χ0v) is 17.2. The lowest BCUT2D eigenvalue weighted by molar-refractivity contribution is -0.140. The van der Waals surface area contributed by atoms with Crippen LogP contribution in [-0.2, 0) is 4.79 Å². The number of hydrogen-bond acceptors (Lipinski definition) is 3. The molecule has 5 heteroatoms. The van der Waals surface area contributed by atoms with Crippen LogP contribution in [0.2, 0.25) is 0 Å². The van der Waals surface area contributed by atoms with Crippen molar-refractivity contribution in [1.29, 1.82) is 0 Å². The Labute approximate surface area is 181 Å². The Kier molecular flexibility index (Phi) is 6.32. The van der Waals surface area contributed by atoms with E-state index in [0.717, 1.165) is 22.1 Å². The fraction of sp³-hybridized carbons (Fsp3) is 0.231. The second-order valence-electron chi connectivity index (χ2n) is 7.65. The van der Waals surface area contributed by atoms with Crippen LogP contribution in [0.15, 0.2) is 84.4 Å². The molecule has 0 saturated carbocycles. The van der Waals surface area contributed by atoms with E-state index in [4.69, 9.17) is 4.74 Å². The molecule has 1 aliphatic rings. The number of nitrogens with zero attached hydrogens (tertiary/aromatic N) is 1. The van der Waals surface area contributed by atoms with E-state index in [-0.39, 0.29) is 5.91 Å². The molecule has 1 amide bonds. The van der Waals surface area contributed by atoms with Crippen molar-refractivity contribution >= 4 is 22.6 Å². The first-order chi connectivity index (χ1) is 15.1. The van der Waals surface area contributed by atoms with E-state index in [0.29, 0.717) is 38.1 Å². The van der Waals surface area contributed by atoms with E-state index in [9.17, 15) is 14.7 Å². The number of carbonyl (C=O) groups excluding carboxylic acids is 1. The fourth-order valence-electron chi connectivity index (χ4n) is 4.05. The van der Waals surface area contributed by atoms with Gasteiger partial charge in [-0.1, -0.05) is 66.2 Å². The van der Waals surface area contributed by atoms with Gasteiger partial charge < -0.3 is 14.7 Å². The number of amides is 1. The summed E-state index contributed by atoms with van der Waals surface area (Å²) >= 11 is 0. The van der Waals surface area contributed by atoms with E-state index < -0.39 is 11.9 Å². The predicted octanol–water partition coefficient (Wildman–Crippen LogP) is 4.78. The van der Waals surface area contributed by atoms with Crippen LogP contribution in [0.3, 0.4) is 0 Å². The van der Waals surface area contributed by atoms with Crippen molar-refractivity contribution in [2.45, 2.75) is 12.8 Å². The van der Waals surface area contributed by atoms with Crippen molar-refractivity contribution in [1.82, 2.24) is 4.90 Å². The standard InChI is InChI=1S/C26H25NO4/c28-25(24-12-6-8-19-7-4-5-11-22(19)24)27-16-13-20(14-17-27)23(26(29)30)15-18-31-21-9-2-1-3-10-21/h1-13,23H,14-18H2,(H,29,30). The summed E-state index contributed by atoms with van der Waals surface area (Å²) in [6.07, 6.45) is 2.85. The third kappa shape index (κ3) is 4.77. The van der Waals surface area contributed by atoms with Crippen molar-refractivity contribution in [3.63, 3.8) is 0 Å². The second-order valence-corrected chi connectivity index (χ2v) is 7.65. The van der Waals surface area contributed by atoms with Gasteiger partial charge in [-0.05, 0) is 41.8 Å². The van der Waals surface area contributed by atoms with E-state index in [2.05, 4.69) is 0 Å². The van der Waals surface area contributed by atoms with E-state index in [1.165, 1.54) is 0 Å². The molecule has 0 bridgehead atoms. The fourth-order valence-corrected chi connectivity index (χ4v) is 4.05. The normalized spacial score (nSPS) is 14.7. The number of ether oxygens (including phenoxy) is 1. The van der Waals surface area contributed by atoms with Gasteiger partial charge >= 0.3 is 5.97 Å². The molecule has 31 heavy (non-hydrogen) atoms. The minimum absolute atomic E-state index is 0.0219. The molecule has 0 radical (unpaired) electrons. The lowest BCUT2D eigenvalue weighted by Crippen LogP contribution is -2.36. The Bertz CT molecular complexity index is 1100. The Morgan fingerprint density at radius 3 is 2.45 bits per heavy atom. The maximum Gasteiger partial charge on any atom is 0.310 e. The number of benzene rings is 3. The average Bonchev–Trinajstić information content (AvgIpc) is 2.82. The first-order valence-corrected chi connectivity index (χ1v) is 10.5. The van der Waals surface area contributed by atoms with Gasteiger partial charge in [0.25, 0.3) is 5.91 Å². The van der Waals surface area contributed by atoms with Crippen LogP contribution in [0.4, 0.5) is 0 Å². The number of aliphatic carboxylic acids is 1. The van der Waals surface area contributed by atoms with Crippen LogP contribution >= 0.6 is 0 Å². The van der Waals surface area contributed by atoms with Crippen molar-refractivity contribution in [2.24, 2.45) is 5.92 Å². The van der Waals surface area contributed by atoms with Gasteiger partial charge in [-0.25, -0.2) is 0 Å². The largest absolute Gasteiger partial charge is 0.494 e. The van der Waals surface area contributed by atoms with Gasteiger partial charge in [0.1, 0.15) is 5.75 Å². The number of rotatable bonds is 7. The third-order valence-corrected chi connectivity index (χ3v) is 5.72. The smallest absolute Gasteiger partial charge is 0.310 e. The van der Waals surface area contributed by atoms with Gasteiger partial charge in [-0.2, -0.15) is 0 Å². The van der Waals surface area contributed by atoms with Crippen molar-refractivity contribution in [3.05, 3.63) is 90.0 Å². The van der Waals surface area contributed by atoms with Crippen LogP contribution in [0.5, 0.6) is 5.75 Å². The van der Waals surface area contributed by atoms with Crippen LogP contribution in [0.1, 0.15) is 23.2 Å². The maximum atomic E-state index is 13.1. The van der Waals surface area contributed by atoms with Crippen molar-refractivity contribution < 1.29 is 19.4 Å². The second kappa shape index (κ2) is 9.47. The number of carboxylic acid groups (broad SMARTS) is 1. The summed E-state index contributed by atoms with van der Waals surface area (Å²) in [6, 6.07) is 23.0. The predicted molar refractivity (Wildman–Crippen MR) is 120 cm³/mol. The number of para-hydroxylation sites is 1. The summed E-state index contributed by atoms with van der Waals surface area (Å²) in [6.45, 7) is 1.26. The summed E-state index contributed by atoms with van der Waals surface area (Å²) in [5.41, 5.74) is 1.55. The molecule has 0 aliphatic carbocycles. The molecule has 1 atom stereocenters. The summed E-state index contributed by atoms with van der Waals surface area (Å²) < 4.78 is 5.68. The molecular weight excluding hydrogens is 390 g/mol. The quantitative estimate of drug-likeness (QED) is 0.564. The average molecular weight is 415 g/mol. The van der Waals surface area contributed by atoms with Gasteiger partial charge in [0.2, 0.25) is 0 Å². The molecule has 5 nitrogen and oxygen atoms in total. The van der Waals surface area contributed by atoms with Crippen LogP contribution in [0, 0.1) is 5.92 Å². The van der Waals surface area contributed by atoms with Crippen LogP contribution in [-0.4, -0.2) is 41.6 Å². The van der Waals surface area contributed by atoms with Gasteiger partial charge in [0.15, 0.2) is 0 Å². The maximum absolute atomic E-state index is 13.1. The molecule has 0 spiro atoms. The molecule has 1 N–H and O–H groups in total. The van der Waals surface area contributed by atoms with Crippen LogP contribution in [0.25, 0.3) is 10.8 Å². The molecule has 0 aromatic heterocycles. The van der Waals surface area contributed by atoms with Crippen molar-refractivity contribution in [2.75, 3.05) is 19.7 Å². The number of fused-ring (bicyclic) bond motifs is 1. The lowest BCUT2D eigenvalue weighted by Gasteiger charge is -2.29. The van der Waals surface area contributed by atoms with Crippen molar-refractivity contribution in [3.8, 4) is 5.75 Å². The monoisotopic (exact) mass is 415 g/mol. The summed E-state index contributed by atoms with van der Waals surface area (Å²) in [4.78, 5) is 26.7. The lowest BCUT2D eigenvalue weighted by atomic mass is 9.90. The van der Waals surface area contributed by atoms with Gasteiger partial charge in [-0.15, -0.1) is 0 Å². The molecule has 4 rings (SSSR count). The molecule has 1 unspecified atom stereocenters.